The van der Waals surface area contributed by atoms with Gasteiger partial charge in [0.15, 0.2) is 0 Å². The van der Waals surface area contributed by atoms with E-state index in [0.29, 0.717) is 19.6 Å². The fraction of sp³-hybridized carbons (Fsp3) is 0.300. The number of nitro groups is 1. The van der Waals surface area contributed by atoms with E-state index in [4.69, 9.17) is 28.0 Å². The predicted molar refractivity (Wildman–Crippen MR) is 64.7 cm³/mol. The highest BCUT2D eigenvalue weighted by molar-refractivity contribution is 6.44. The van der Waals surface area contributed by atoms with Crippen LogP contribution >= 0.6 is 23.2 Å². The van der Waals surface area contributed by atoms with Crippen LogP contribution in [0.3, 0.4) is 0 Å². The SMILES string of the molecule is O=C(c1cc([N+](=O)[O-])cc(Cl)c1Cl)N1CCCO1. The van der Waals surface area contributed by atoms with E-state index < -0.39 is 10.8 Å². The number of nitro benzene ring substituents is 1. The second-order valence-electron chi connectivity index (χ2n) is 3.64. The molecular formula is C10H8Cl2N2O4. The van der Waals surface area contributed by atoms with Crippen molar-refractivity contribution in [3.8, 4) is 0 Å². The highest BCUT2D eigenvalue weighted by Gasteiger charge is 2.26. The summed E-state index contributed by atoms with van der Waals surface area (Å²) in [4.78, 5) is 27.2. The molecule has 1 saturated heterocycles. The number of hydroxylamine groups is 2. The lowest BCUT2D eigenvalue weighted by atomic mass is 10.2. The molecule has 1 aromatic carbocycles. The van der Waals surface area contributed by atoms with Crippen LogP contribution in [0.15, 0.2) is 12.1 Å². The van der Waals surface area contributed by atoms with Crippen molar-refractivity contribution in [2.75, 3.05) is 13.2 Å². The first-order valence-corrected chi connectivity index (χ1v) is 5.84. The Balaban J connectivity index is 2.42. The van der Waals surface area contributed by atoms with E-state index >= 15 is 0 Å². The van der Waals surface area contributed by atoms with Crippen molar-refractivity contribution in [1.82, 2.24) is 5.06 Å². The van der Waals surface area contributed by atoms with Gasteiger partial charge in [0, 0.05) is 12.1 Å². The van der Waals surface area contributed by atoms with Crippen LogP contribution in [0.4, 0.5) is 5.69 Å². The molecule has 8 heteroatoms. The molecule has 0 aliphatic carbocycles. The number of hydrogen-bond acceptors (Lipinski definition) is 4. The molecule has 0 atom stereocenters. The Labute approximate surface area is 112 Å². The van der Waals surface area contributed by atoms with Gasteiger partial charge in [-0.2, -0.15) is 0 Å². The Kier molecular flexibility index (Phi) is 3.70. The molecule has 96 valence electrons. The number of hydrogen-bond donors (Lipinski definition) is 0. The third kappa shape index (κ3) is 2.40. The lowest BCUT2D eigenvalue weighted by Gasteiger charge is -2.14. The number of carbonyl (C=O) groups excluding carboxylic acids is 1. The summed E-state index contributed by atoms with van der Waals surface area (Å²) in [5.41, 5.74) is -0.315. The van der Waals surface area contributed by atoms with E-state index in [0.717, 1.165) is 17.2 Å². The molecule has 6 nitrogen and oxygen atoms in total. The number of nitrogens with zero attached hydrogens (tertiary/aromatic N) is 2. The molecule has 0 unspecified atom stereocenters. The summed E-state index contributed by atoms with van der Waals surface area (Å²) in [7, 11) is 0. The molecule has 0 saturated carbocycles. The average Bonchev–Trinajstić information content (AvgIpc) is 2.85. The van der Waals surface area contributed by atoms with E-state index in [-0.39, 0.29) is 21.3 Å². The van der Waals surface area contributed by atoms with Crippen molar-refractivity contribution in [3.63, 3.8) is 0 Å². The lowest BCUT2D eigenvalue weighted by molar-refractivity contribution is -0.384. The predicted octanol–water partition coefficient (Wildman–Crippen LogP) is 2.68. The summed E-state index contributed by atoms with van der Waals surface area (Å²) in [6.07, 6.45) is 0.714. The minimum Gasteiger partial charge on any atom is -0.271 e. The molecular weight excluding hydrogens is 283 g/mol. The number of benzene rings is 1. The fourth-order valence-electron chi connectivity index (χ4n) is 1.58. The summed E-state index contributed by atoms with van der Waals surface area (Å²) in [5.74, 6) is -0.525. The summed E-state index contributed by atoms with van der Waals surface area (Å²) >= 11 is 11.7. The first-order valence-electron chi connectivity index (χ1n) is 5.09. The number of amides is 1. The highest BCUT2D eigenvalue weighted by Crippen LogP contribution is 2.32. The maximum Gasteiger partial charge on any atom is 0.279 e. The van der Waals surface area contributed by atoms with Gasteiger partial charge in [0.1, 0.15) is 0 Å². The van der Waals surface area contributed by atoms with Crippen LogP contribution in [0.25, 0.3) is 0 Å². The van der Waals surface area contributed by atoms with Gasteiger partial charge in [-0.05, 0) is 6.42 Å². The molecule has 1 aliphatic rings. The first-order chi connectivity index (χ1) is 8.50. The van der Waals surface area contributed by atoms with Crippen molar-refractivity contribution >= 4 is 34.8 Å². The highest BCUT2D eigenvalue weighted by atomic mass is 35.5. The molecule has 1 aromatic rings. The summed E-state index contributed by atoms with van der Waals surface area (Å²) in [6, 6.07) is 2.20. The van der Waals surface area contributed by atoms with Crippen molar-refractivity contribution in [2.24, 2.45) is 0 Å². The van der Waals surface area contributed by atoms with Gasteiger partial charge >= 0.3 is 0 Å². The average molecular weight is 291 g/mol. The number of carbonyl (C=O) groups is 1. The molecule has 0 bridgehead atoms. The smallest absolute Gasteiger partial charge is 0.271 e. The van der Waals surface area contributed by atoms with Crippen LogP contribution in [-0.2, 0) is 4.84 Å². The van der Waals surface area contributed by atoms with E-state index in [1.54, 1.807) is 0 Å². The third-order valence-corrected chi connectivity index (χ3v) is 3.24. The summed E-state index contributed by atoms with van der Waals surface area (Å²) in [5, 5.41) is 11.8. The normalized spacial score (nSPS) is 14.9. The minimum absolute atomic E-state index is 0.0113. The zero-order valence-electron chi connectivity index (χ0n) is 9.06. The van der Waals surface area contributed by atoms with Crippen LogP contribution in [0.1, 0.15) is 16.8 Å². The van der Waals surface area contributed by atoms with Crippen LogP contribution in [0.2, 0.25) is 10.0 Å². The van der Waals surface area contributed by atoms with Crippen LogP contribution in [0, 0.1) is 10.1 Å². The summed E-state index contributed by atoms with van der Waals surface area (Å²) < 4.78 is 0. The van der Waals surface area contributed by atoms with E-state index in [9.17, 15) is 14.9 Å². The molecule has 0 aromatic heterocycles. The largest absolute Gasteiger partial charge is 0.279 e. The van der Waals surface area contributed by atoms with Gasteiger partial charge in [-0.15, -0.1) is 0 Å². The Morgan fingerprint density at radius 2 is 2.17 bits per heavy atom. The van der Waals surface area contributed by atoms with Crippen molar-refractivity contribution in [1.29, 1.82) is 0 Å². The molecule has 1 fully saturated rings. The van der Waals surface area contributed by atoms with Gasteiger partial charge in [0.05, 0.1) is 33.7 Å². The zero-order valence-corrected chi connectivity index (χ0v) is 10.6. The number of non-ortho nitro benzene ring substituents is 1. The summed E-state index contributed by atoms with van der Waals surface area (Å²) in [6.45, 7) is 0.863. The van der Waals surface area contributed by atoms with E-state index in [1.807, 2.05) is 0 Å². The van der Waals surface area contributed by atoms with Gasteiger partial charge in [-0.25, -0.2) is 5.06 Å². The first kappa shape index (κ1) is 13.1. The lowest BCUT2D eigenvalue weighted by Crippen LogP contribution is -2.26. The zero-order chi connectivity index (χ0) is 13.3. The van der Waals surface area contributed by atoms with Gasteiger partial charge in [0.2, 0.25) is 0 Å². The number of rotatable bonds is 2. The molecule has 0 spiro atoms. The fourth-order valence-corrected chi connectivity index (χ4v) is 1.98. The molecule has 1 heterocycles. The molecule has 2 rings (SSSR count). The van der Waals surface area contributed by atoms with E-state index in [2.05, 4.69) is 0 Å². The second kappa shape index (κ2) is 5.09. The Morgan fingerprint density at radius 3 is 2.72 bits per heavy atom. The minimum atomic E-state index is -0.635. The molecule has 18 heavy (non-hydrogen) atoms. The van der Waals surface area contributed by atoms with Gasteiger partial charge in [-0.1, -0.05) is 23.2 Å². The third-order valence-electron chi connectivity index (χ3n) is 2.43. The monoisotopic (exact) mass is 290 g/mol. The second-order valence-corrected chi connectivity index (χ2v) is 4.43. The maximum atomic E-state index is 12.0. The van der Waals surface area contributed by atoms with Crippen LogP contribution < -0.4 is 0 Å². The Morgan fingerprint density at radius 1 is 1.44 bits per heavy atom. The van der Waals surface area contributed by atoms with Gasteiger partial charge in [-0.3, -0.25) is 19.7 Å². The van der Waals surface area contributed by atoms with E-state index in [1.165, 1.54) is 0 Å². The Hall–Kier alpha value is -1.37. The standard InChI is InChI=1S/C10H8Cl2N2O4/c11-8-5-6(14(16)17)4-7(9(8)12)10(15)13-2-1-3-18-13/h4-5H,1-3H2. The van der Waals surface area contributed by atoms with Gasteiger partial charge < -0.3 is 0 Å². The molecule has 0 N–H and O–H groups in total. The van der Waals surface area contributed by atoms with Gasteiger partial charge in [0.25, 0.3) is 11.6 Å². The van der Waals surface area contributed by atoms with Crippen molar-refractivity contribution in [3.05, 3.63) is 37.9 Å². The van der Waals surface area contributed by atoms with Crippen molar-refractivity contribution in [2.45, 2.75) is 6.42 Å². The molecule has 0 radical (unpaired) electrons. The molecule has 1 aliphatic heterocycles. The Bertz CT molecular complexity index is 515. The molecule has 1 amide bonds. The van der Waals surface area contributed by atoms with Crippen LogP contribution in [-0.4, -0.2) is 29.0 Å². The van der Waals surface area contributed by atoms with Crippen molar-refractivity contribution < 1.29 is 14.6 Å². The van der Waals surface area contributed by atoms with Crippen LogP contribution in [0.5, 0.6) is 0 Å². The maximum absolute atomic E-state index is 12.0. The quantitative estimate of drug-likeness (QED) is 0.620. The number of halogens is 2. The topological polar surface area (TPSA) is 72.7 Å².